The van der Waals surface area contributed by atoms with E-state index in [0.717, 1.165) is 6.42 Å². The molecule has 0 fully saturated rings. The van der Waals surface area contributed by atoms with Crippen molar-refractivity contribution in [1.29, 1.82) is 0 Å². The topological polar surface area (TPSA) is 32.3 Å². The molecule has 1 aromatic rings. The summed E-state index contributed by atoms with van der Waals surface area (Å²) in [7, 11) is 0. The number of hydrogen-bond acceptors (Lipinski definition) is 2. The van der Waals surface area contributed by atoms with Crippen molar-refractivity contribution in [3.05, 3.63) is 28.8 Å². The molecule has 0 unspecified atom stereocenters. The van der Waals surface area contributed by atoms with E-state index < -0.39 is 0 Å². The van der Waals surface area contributed by atoms with E-state index in [9.17, 15) is 0 Å². The molecule has 0 aliphatic rings. The minimum absolute atomic E-state index is 0.0682. The summed E-state index contributed by atoms with van der Waals surface area (Å²) in [5.74, 6) is 0. The van der Waals surface area contributed by atoms with Gasteiger partial charge in [-0.05, 0) is 63.8 Å². The normalized spacial score (nSPS) is 11.6. The first-order valence-corrected chi connectivity index (χ1v) is 5.82. The lowest BCUT2D eigenvalue weighted by molar-refractivity contribution is 0.261. The van der Waals surface area contributed by atoms with Crippen molar-refractivity contribution in [2.45, 2.75) is 46.6 Å². The summed E-state index contributed by atoms with van der Waals surface area (Å²) in [5.41, 5.74) is 4.98. The van der Waals surface area contributed by atoms with Crippen molar-refractivity contribution in [2.24, 2.45) is 0 Å². The number of aliphatic hydroxyl groups excluding tert-OH is 1. The minimum Gasteiger partial charge on any atom is -0.396 e. The van der Waals surface area contributed by atoms with Gasteiger partial charge < -0.3 is 10.4 Å². The van der Waals surface area contributed by atoms with Gasteiger partial charge in [-0.25, -0.2) is 0 Å². The molecule has 1 aromatic carbocycles. The van der Waals surface area contributed by atoms with Crippen molar-refractivity contribution in [3.63, 3.8) is 0 Å². The molecule has 0 aliphatic heterocycles. The average molecular weight is 221 g/mol. The Labute approximate surface area is 98.7 Å². The summed E-state index contributed by atoms with van der Waals surface area (Å²) in [5, 5.41) is 12.5. The van der Waals surface area contributed by atoms with Crippen molar-refractivity contribution in [3.8, 4) is 0 Å². The number of benzene rings is 1. The van der Waals surface area contributed by atoms with Crippen LogP contribution in [0.2, 0.25) is 0 Å². The van der Waals surface area contributed by atoms with Crippen LogP contribution in [0.15, 0.2) is 12.1 Å². The van der Waals surface area contributed by atoms with Gasteiger partial charge in [-0.1, -0.05) is 6.07 Å². The van der Waals surface area contributed by atoms with Gasteiger partial charge in [0.1, 0.15) is 0 Å². The first-order chi connectivity index (χ1) is 7.35. The Morgan fingerprint density at radius 1 is 1.06 bits per heavy atom. The Morgan fingerprint density at radius 3 is 2.19 bits per heavy atom. The van der Waals surface area contributed by atoms with E-state index >= 15 is 0 Å². The summed E-state index contributed by atoms with van der Waals surface area (Å²) in [6.45, 7) is 10.8. The number of aryl methyl sites for hydroxylation is 3. The van der Waals surface area contributed by atoms with Crippen LogP contribution in [-0.4, -0.2) is 17.3 Å². The van der Waals surface area contributed by atoms with Crippen LogP contribution in [0.25, 0.3) is 0 Å². The van der Waals surface area contributed by atoms with Crippen LogP contribution in [0.5, 0.6) is 0 Å². The second kappa shape index (κ2) is 4.88. The standard InChI is InChI=1S/C14H23NO/c1-10-8-12(3)13(9-11(10)2)15-14(4,5)6-7-16/h8-9,15-16H,6-7H2,1-5H3. The fraction of sp³-hybridized carbons (Fsp3) is 0.571. The minimum atomic E-state index is -0.0682. The molecule has 0 saturated carbocycles. The zero-order valence-corrected chi connectivity index (χ0v) is 11.0. The van der Waals surface area contributed by atoms with E-state index in [2.05, 4.69) is 52.1 Å². The molecule has 90 valence electrons. The lowest BCUT2D eigenvalue weighted by Gasteiger charge is -2.28. The molecule has 0 saturated heterocycles. The molecule has 0 amide bonds. The summed E-state index contributed by atoms with van der Waals surface area (Å²) in [6.07, 6.45) is 0.749. The Bertz CT molecular complexity index is 369. The lowest BCUT2D eigenvalue weighted by Crippen LogP contribution is -2.32. The highest BCUT2D eigenvalue weighted by Crippen LogP contribution is 2.24. The quantitative estimate of drug-likeness (QED) is 0.818. The van der Waals surface area contributed by atoms with Crippen LogP contribution in [0.1, 0.15) is 37.0 Å². The fourth-order valence-corrected chi connectivity index (χ4v) is 1.80. The van der Waals surface area contributed by atoms with Crippen molar-refractivity contribution < 1.29 is 5.11 Å². The molecule has 0 bridgehead atoms. The van der Waals surface area contributed by atoms with Gasteiger partial charge in [-0.15, -0.1) is 0 Å². The van der Waals surface area contributed by atoms with Gasteiger partial charge in [-0.2, -0.15) is 0 Å². The molecule has 1 rings (SSSR count). The van der Waals surface area contributed by atoms with Crippen molar-refractivity contribution >= 4 is 5.69 Å². The zero-order chi connectivity index (χ0) is 12.3. The molecule has 2 heteroatoms. The zero-order valence-electron chi connectivity index (χ0n) is 11.0. The largest absolute Gasteiger partial charge is 0.396 e. The lowest BCUT2D eigenvalue weighted by atomic mass is 9.98. The van der Waals surface area contributed by atoms with Crippen LogP contribution in [0.4, 0.5) is 5.69 Å². The molecular formula is C14H23NO. The van der Waals surface area contributed by atoms with Crippen LogP contribution in [0, 0.1) is 20.8 Å². The molecule has 2 N–H and O–H groups in total. The SMILES string of the molecule is Cc1cc(C)c(NC(C)(C)CCO)cc1C. The number of rotatable bonds is 4. The first kappa shape index (κ1) is 13.0. The summed E-state index contributed by atoms with van der Waals surface area (Å²) >= 11 is 0. The molecule has 0 heterocycles. The van der Waals surface area contributed by atoms with Crippen LogP contribution in [0.3, 0.4) is 0 Å². The van der Waals surface area contributed by atoms with Crippen molar-refractivity contribution in [2.75, 3.05) is 11.9 Å². The third-order valence-electron chi connectivity index (χ3n) is 3.05. The predicted molar refractivity (Wildman–Crippen MR) is 70.1 cm³/mol. The van der Waals surface area contributed by atoms with Gasteiger partial charge in [-0.3, -0.25) is 0 Å². The smallest absolute Gasteiger partial charge is 0.0453 e. The fourth-order valence-electron chi connectivity index (χ4n) is 1.80. The first-order valence-electron chi connectivity index (χ1n) is 5.82. The monoisotopic (exact) mass is 221 g/mol. The Balaban J connectivity index is 2.93. The van der Waals surface area contributed by atoms with E-state index in [4.69, 9.17) is 5.11 Å². The molecule has 0 aromatic heterocycles. The highest BCUT2D eigenvalue weighted by molar-refractivity contribution is 5.56. The summed E-state index contributed by atoms with van der Waals surface area (Å²) in [4.78, 5) is 0. The van der Waals surface area contributed by atoms with Gasteiger partial charge in [0.25, 0.3) is 0 Å². The van der Waals surface area contributed by atoms with Gasteiger partial charge in [0.2, 0.25) is 0 Å². The van der Waals surface area contributed by atoms with E-state index in [-0.39, 0.29) is 12.1 Å². The molecule has 0 aliphatic carbocycles. The van der Waals surface area contributed by atoms with E-state index in [1.807, 2.05) is 0 Å². The number of aliphatic hydroxyl groups is 1. The van der Waals surface area contributed by atoms with E-state index in [0.29, 0.717) is 0 Å². The second-order valence-corrected chi connectivity index (χ2v) is 5.23. The predicted octanol–water partition coefficient (Wildman–Crippen LogP) is 3.18. The van der Waals surface area contributed by atoms with E-state index in [1.54, 1.807) is 0 Å². The Kier molecular flexibility index (Phi) is 3.98. The van der Waals surface area contributed by atoms with Gasteiger partial charge in [0.05, 0.1) is 0 Å². The van der Waals surface area contributed by atoms with Gasteiger partial charge in [0.15, 0.2) is 0 Å². The third kappa shape index (κ3) is 3.24. The molecule has 2 nitrogen and oxygen atoms in total. The molecular weight excluding hydrogens is 198 g/mol. The Morgan fingerprint density at radius 2 is 1.62 bits per heavy atom. The van der Waals surface area contributed by atoms with Crippen molar-refractivity contribution in [1.82, 2.24) is 0 Å². The van der Waals surface area contributed by atoms with Gasteiger partial charge >= 0.3 is 0 Å². The molecule has 0 radical (unpaired) electrons. The molecule has 16 heavy (non-hydrogen) atoms. The third-order valence-corrected chi connectivity index (χ3v) is 3.05. The average Bonchev–Trinajstić information content (AvgIpc) is 2.13. The van der Waals surface area contributed by atoms with Crippen LogP contribution < -0.4 is 5.32 Å². The van der Waals surface area contributed by atoms with E-state index in [1.165, 1.54) is 22.4 Å². The highest BCUT2D eigenvalue weighted by atomic mass is 16.3. The number of hydrogen-bond donors (Lipinski definition) is 2. The maximum absolute atomic E-state index is 9.01. The summed E-state index contributed by atoms with van der Waals surface area (Å²) < 4.78 is 0. The number of anilines is 1. The Hall–Kier alpha value is -1.02. The van der Waals surface area contributed by atoms with Crippen LogP contribution >= 0.6 is 0 Å². The maximum Gasteiger partial charge on any atom is 0.0453 e. The molecule has 0 atom stereocenters. The summed E-state index contributed by atoms with van der Waals surface area (Å²) in [6, 6.07) is 4.39. The second-order valence-electron chi connectivity index (χ2n) is 5.23. The number of nitrogens with one attached hydrogen (secondary N) is 1. The molecule has 0 spiro atoms. The maximum atomic E-state index is 9.01. The van der Waals surface area contributed by atoms with Gasteiger partial charge in [0, 0.05) is 17.8 Å². The van der Waals surface area contributed by atoms with Crippen LogP contribution in [-0.2, 0) is 0 Å². The highest BCUT2D eigenvalue weighted by Gasteiger charge is 2.17.